The zero-order valence-corrected chi connectivity index (χ0v) is 19.1. The Bertz CT molecular complexity index is 973. The van der Waals surface area contributed by atoms with Crippen molar-refractivity contribution in [3.05, 3.63) is 69.6 Å². The first-order valence-electron chi connectivity index (χ1n) is 9.80. The van der Waals surface area contributed by atoms with Gasteiger partial charge in [0, 0.05) is 23.7 Å². The molecule has 0 unspecified atom stereocenters. The Morgan fingerprint density at radius 1 is 1.13 bits per heavy atom. The van der Waals surface area contributed by atoms with Crippen molar-refractivity contribution in [2.75, 3.05) is 11.9 Å². The molecule has 2 aromatic carbocycles. The van der Waals surface area contributed by atoms with E-state index in [9.17, 15) is 9.59 Å². The summed E-state index contributed by atoms with van der Waals surface area (Å²) in [5.41, 5.74) is 2.82. The van der Waals surface area contributed by atoms with Crippen LogP contribution in [0.4, 0.5) is 5.69 Å². The molecule has 7 heteroatoms. The number of hydrogen-bond donors (Lipinski definition) is 1. The molecule has 1 N–H and O–H groups in total. The lowest BCUT2D eigenvalue weighted by atomic mass is 10.1. The fraction of sp³-hybridized carbons (Fsp3) is 0.261. The first-order chi connectivity index (χ1) is 14.4. The number of nitrogens with one attached hydrogen (secondary N) is 1. The number of benzene rings is 2. The number of unbranched alkanes of at least 4 members (excludes halogenated alkanes) is 2. The molecule has 30 heavy (non-hydrogen) atoms. The van der Waals surface area contributed by atoms with Crippen LogP contribution in [-0.2, 0) is 9.59 Å². The highest BCUT2D eigenvalue weighted by Gasteiger charge is 2.31. The molecule has 1 fully saturated rings. The molecule has 2 amide bonds. The molecule has 0 saturated carbocycles. The maximum Gasteiger partial charge on any atom is 0.266 e. The van der Waals surface area contributed by atoms with Crippen LogP contribution in [0.25, 0.3) is 6.08 Å². The maximum absolute atomic E-state index is 12.7. The topological polar surface area (TPSA) is 49.4 Å². The second kappa shape index (κ2) is 10.8. The van der Waals surface area contributed by atoms with Gasteiger partial charge in [-0.2, -0.15) is 0 Å². The fourth-order valence-corrected chi connectivity index (χ4v) is 4.50. The van der Waals surface area contributed by atoms with Crippen LogP contribution in [0.3, 0.4) is 0 Å². The number of carbonyl (C=O) groups excluding carboxylic acids is 2. The monoisotopic (exact) mass is 458 g/mol. The predicted octanol–water partition coefficient (Wildman–Crippen LogP) is 6.05. The smallest absolute Gasteiger partial charge is 0.266 e. The maximum atomic E-state index is 12.7. The minimum atomic E-state index is -0.0581. The van der Waals surface area contributed by atoms with Gasteiger partial charge in [-0.25, -0.2) is 0 Å². The first kappa shape index (κ1) is 22.5. The molecule has 0 radical (unpaired) electrons. The third-order valence-electron chi connectivity index (χ3n) is 4.75. The van der Waals surface area contributed by atoms with Crippen LogP contribution in [0.2, 0.25) is 5.02 Å². The molecular formula is C23H23ClN2O2S2. The van der Waals surface area contributed by atoms with Crippen LogP contribution in [0.1, 0.15) is 36.8 Å². The zero-order chi connectivity index (χ0) is 21.5. The van der Waals surface area contributed by atoms with E-state index in [2.05, 4.69) is 5.32 Å². The highest BCUT2D eigenvalue weighted by atomic mass is 35.5. The van der Waals surface area contributed by atoms with Gasteiger partial charge < -0.3 is 5.32 Å². The average molecular weight is 459 g/mol. The molecule has 0 aliphatic carbocycles. The number of thiocarbonyl (C=S) groups is 1. The molecule has 0 bridgehead atoms. The van der Waals surface area contributed by atoms with Crippen molar-refractivity contribution < 1.29 is 9.59 Å². The average Bonchev–Trinajstić information content (AvgIpc) is 2.98. The molecular weight excluding hydrogens is 436 g/mol. The third kappa shape index (κ3) is 6.17. The van der Waals surface area contributed by atoms with E-state index in [4.69, 9.17) is 23.8 Å². The molecule has 0 spiro atoms. The zero-order valence-electron chi connectivity index (χ0n) is 16.7. The first-order valence-corrected chi connectivity index (χ1v) is 11.4. The Hall–Kier alpha value is -2.15. The molecule has 3 rings (SSSR count). The van der Waals surface area contributed by atoms with Gasteiger partial charge in [-0.15, -0.1) is 0 Å². The molecule has 0 aromatic heterocycles. The van der Waals surface area contributed by atoms with Gasteiger partial charge in [-0.3, -0.25) is 14.5 Å². The number of amides is 2. The molecule has 2 aromatic rings. The number of halogens is 1. The number of thioether (sulfide) groups is 1. The van der Waals surface area contributed by atoms with Crippen molar-refractivity contribution in [1.82, 2.24) is 4.90 Å². The van der Waals surface area contributed by atoms with Gasteiger partial charge in [0.2, 0.25) is 5.91 Å². The molecule has 1 aliphatic rings. The molecule has 4 nitrogen and oxygen atoms in total. The normalized spacial score (nSPS) is 15.1. The highest BCUT2D eigenvalue weighted by molar-refractivity contribution is 8.26. The lowest BCUT2D eigenvalue weighted by Crippen LogP contribution is -2.29. The summed E-state index contributed by atoms with van der Waals surface area (Å²) in [4.78, 5) is 27.0. The van der Waals surface area contributed by atoms with E-state index in [1.165, 1.54) is 11.8 Å². The number of carbonyl (C=O) groups is 2. The SMILES string of the molecule is Cc1ccccc1NC(=O)CCCCCN1C(=O)C(=Cc2ccc(Cl)cc2)SC1=S. The molecule has 0 atom stereocenters. The van der Waals surface area contributed by atoms with Crippen LogP contribution in [0, 0.1) is 6.92 Å². The van der Waals surface area contributed by atoms with Crippen molar-refractivity contribution >= 4 is 63.5 Å². The number of aryl methyl sites for hydroxylation is 1. The summed E-state index contributed by atoms with van der Waals surface area (Å²) < 4.78 is 0.581. The van der Waals surface area contributed by atoms with Gasteiger partial charge in [-0.05, 0) is 55.2 Å². The van der Waals surface area contributed by atoms with Crippen LogP contribution >= 0.6 is 35.6 Å². The molecule has 156 valence electrons. The van der Waals surface area contributed by atoms with Crippen LogP contribution in [0.5, 0.6) is 0 Å². The van der Waals surface area contributed by atoms with Crippen molar-refractivity contribution in [1.29, 1.82) is 0 Å². The quantitative estimate of drug-likeness (QED) is 0.297. The fourth-order valence-electron chi connectivity index (χ4n) is 3.06. The van der Waals surface area contributed by atoms with Crippen LogP contribution < -0.4 is 5.32 Å². The predicted molar refractivity (Wildman–Crippen MR) is 130 cm³/mol. The van der Waals surface area contributed by atoms with E-state index < -0.39 is 0 Å². The number of anilines is 1. The van der Waals surface area contributed by atoms with E-state index in [1.807, 2.05) is 49.4 Å². The Labute approximate surface area is 191 Å². The van der Waals surface area contributed by atoms with Crippen molar-refractivity contribution in [3.63, 3.8) is 0 Å². The van der Waals surface area contributed by atoms with Gasteiger partial charge >= 0.3 is 0 Å². The molecule has 1 aliphatic heterocycles. The number of rotatable bonds is 8. The summed E-state index contributed by atoms with van der Waals surface area (Å²) in [5.74, 6) is -0.0435. The molecule has 1 saturated heterocycles. The van der Waals surface area contributed by atoms with E-state index in [0.717, 1.165) is 36.1 Å². The largest absolute Gasteiger partial charge is 0.326 e. The van der Waals surface area contributed by atoms with E-state index in [-0.39, 0.29) is 11.8 Å². The summed E-state index contributed by atoms with van der Waals surface area (Å²) in [6.45, 7) is 2.54. The van der Waals surface area contributed by atoms with Gasteiger partial charge in [0.05, 0.1) is 4.91 Å². The molecule has 1 heterocycles. The summed E-state index contributed by atoms with van der Waals surface area (Å²) in [6, 6.07) is 15.1. The lowest BCUT2D eigenvalue weighted by Gasteiger charge is -2.14. The number of para-hydroxylation sites is 1. The minimum Gasteiger partial charge on any atom is -0.326 e. The van der Waals surface area contributed by atoms with Crippen LogP contribution in [0.15, 0.2) is 53.4 Å². The lowest BCUT2D eigenvalue weighted by molar-refractivity contribution is -0.122. The van der Waals surface area contributed by atoms with E-state index >= 15 is 0 Å². The second-order valence-corrected chi connectivity index (χ2v) is 9.17. The Morgan fingerprint density at radius 2 is 1.87 bits per heavy atom. The van der Waals surface area contributed by atoms with Gasteiger partial charge in [0.25, 0.3) is 5.91 Å². The van der Waals surface area contributed by atoms with Gasteiger partial charge in [0.1, 0.15) is 4.32 Å². The highest BCUT2D eigenvalue weighted by Crippen LogP contribution is 2.33. The van der Waals surface area contributed by atoms with E-state index in [0.29, 0.717) is 27.2 Å². The van der Waals surface area contributed by atoms with Gasteiger partial charge in [0.15, 0.2) is 0 Å². The summed E-state index contributed by atoms with van der Waals surface area (Å²) >= 11 is 12.6. The van der Waals surface area contributed by atoms with Crippen molar-refractivity contribution in [2.45, 2.75) is 32.6 Å². The number of nitrogens with zero attached hydrogens (tertiary/aromatic N) is 1. The van der Waals surface area contributed by atoms with Crippen LogP contribution in [-0.4, -0.2) is 27.6 Å². The van der Waals surface area contributed by atoms with Crippen molar-refractivity contribution in [3.8, 4) is 0 Å². The van der Waals surface area contributed by atoms with Gasteiger partial charge in [-0.1, -0.05) is 72.3 Å². The summed E-state index contributed by atoms with van der Waals surface area (Å²) in [5, 5.41) is 3.60. The third-order valence-corrected chi connectivity index (χ3v) is 6.38. The Balaban J connectivity index is 1.42. The van der Waals surface area contributed by atoms with Crippen molar-refractivity contribution in [2.24, 2.45) is 0 Å². The second-order valence-electron chi connectivity index (χ2n) is 7.06. The minimum absolute atomic E-state index is 0.0146. The Kier molecular flexibility index (Phi) is 8.08. The summed E-state index contributed by atoms with van der Waals surface area (Å²) in [7, 11) is 0. The Morgan fingerprint density at radius 3 is 2.60 bits per heavy atom. The summed E-state index contributed by atoms with van der Waals surface area (Å²) in [6.07, 6.45) is 4.73. The standard InChI is InChI=1S/C23H23ClN2O2S2/c1-16-7-4-5-8-19(16)25-21(27)9-3-2-6-14-26-22(28)20(30-23(26)29)15-17-10-12-18(24)13-11-17/h4-5,7-8,10-13,15H,2-3,6,9,14H2,1H3,(H,25,27). The number of hydrogen-bond acceptors (Lipinski definition) is 4. The van der Waals surface area contributed by atoms with E-state index in [1.54, 1.807) is 17.0 Å².